The first-order valence-electron chi connectivity index (χ1n) is 7.21. The van der Waals surface area contributed by atoms with Gasteiger partial charge in [-0.15, -0.1) is 0 Å². The van der Waals surface area contributed by atoms with Gasteiger partial charge in [-0.2, -0.15) is 0 Å². The molecule has 2 atom stereocenters. The smallest absolute Gasteiger partial charge is 0.208 e. The Morgan fingerprint density at radius 3 is 2.57 bits per heavy atom. The fraction of sp³-hybridized carbons (Fsp3) is 0.600. The van der Waals surface area contributed by atoms with Crippen LogP contribution in [0.1, 0.15) is 31.7 Å². The van der Waals surface area contributed by atoms with E-state index < -0.39 is 15.6 Å². The molecule has 21 heavy (non-hydrogen) atoms. The summed E-state index contributed by atoms with van der Waals surface area (Å²) in [5, 5.41) is 10.7. The van der Waals surface area contributed by atoms with E-state index in [1.54, 1.807) is 0 Å². The lowest BCUT2D eigenvalue weighted by molar-refractivity contribution is 0.00445. The summed E-state index contributed by atoms with van der Waals surface area (Å²) in [6, 6.07) is 7.42. The summed E-state index contributed by atoms with van der Waals surface area (Å²) < 4.78 is 29.6. The molecule has 1 aliphatic rings. The van der Waals surface area contributed by atoms with E-state index in [9.17, 15) is 13.5 Å². The molecule has 2 unspecified atom stereocenters. The molecule has 0 aliphatic heterocycles. The van der Waals surface area contributed by atoms with Crippen molar-refractivity contribution < 1.29 is 18.3 Å². The van der Waals surface area contributed by atoms with Crippen LogP contribution in [0.3, 0.4) is 0 Å². The molecular formula is C15H23NO4S. The molecule has 0 radical (unpaired) electrons. The molecule has 6 heteroatoms. The number of nitrogens with one attached hydrogen (secondary N) is 1. The molecule has 1 fully saturated rings. The third-order valence-corrected chi connectivity index (χ3v) is 4.83. The highest BCUT2D eigenvalue weighted by molar-refractivity contribution is 7.88. The summed E-state index contributed by atoms with van der Waals surface area (Å²) in [5.41, 5.74) is 0.199. The van der Waals surface area contributed by atoms with Crippen molar-refractivity contribution in [1.29, 1.82) is 0 Å². The lowest BCUT2D eigenvalue weighted by Crippen LogP contribution is -2.28. The Kier molecular flexibility index (Phi) is 4.91. The Balaban J connectivity index is 1.90. The van der Waals surface area contributed by atoms with Crippen molar-refractivity contribution >= 4 is 10.0 Å². The standard InChI is InChI=1S/C15H23NO4S/c1-12-4-3-9-15(12,17)13-5-7-14(8-6-13)20-11-10-16-21(2,18)19/h5-8,12,16-17H,3-4,9-11H2,1-2H3. The zero-order valence-corrected chi connectivity index (χ0v) is 13.3. The predicted octanol–water partition coefficient (Wildman–Crippen LogP) is 1.62. The van der Waals surface area contributed by atoms with Gasteiger partial charge in [0.25, 0.3) is 0 Å². The van der Waals surface area contributed by atoms with E-state index in [4.69, 9.17) is 4.74 Å². The maximum Gasteiger partial charge on any atom is 0.208 e. The van der Waals surface area contributed by atoms with E-state index in [0.717, 1.165) is 31.1 Å². The Bertz CT molecular complexity index is 570. The Morgan fingerprint density at radius 1 is 1.38 bits per heavy atom. The number of ether oxygens (including phenoxy) is 1. The van der Waals surface area contributed by atoms with Gasteiger partial charge < -0.3 is 9.84 Å². The highest BCUT2D eigenvalue weighted by atomic mass is 32.2. The maximum absolute atomic E-state index is 10.9. The number of aliphatic hydroxyl groups is 1. The lowest BCUT2D eigenvalue weighted by atomic mass is 9.85. The molecule has 0 spiro atoms. The fourth-order valence-electron chi connectivity index (χ4n) is 2.83. The second-order valence-electron chi connectivity index (χ2n) is 5.76. The molecule has 1 aromatic carbocycles. The minimum Gasteiger partial charge on any atom is -0.492 e. The summed E-state index contributed by atoms with van der Waals surface area (Å²) in [4.78, 5) is 0. The molecule has 1 aromatic rings. The topological polar surface area (TPSA) is 75.6 Å². The highest BCUT2D eigenvalue weighted by Crippen LogP contribution is 2.43. The lowest BCUT2D eigenvalue weighted by Gasteiger charge is -2.28. The van der Waals surface area contributed by atoms with Crippen LogP contribution < -0.4 is 9.46 Å². The molecule has 0 heterocycles. The van der Waals surface area contributed by atoms with Gasteiger partial charge in [-0.3, -0.25) is 0 Å². The Morgan fingerprint density at radius 2 is 2.05 bits per heavy atom. The van der Waals surface area contributed by atoms with Gasteiger partial charge >= 0.3 is 0 Å². The van der Waals surface area contributed by atoms with Crippen molar-refractivity contribution in [1.82, 2.24) is 4.72 Å². The summed E-state index contributed by atoms with van der Waals surface area (Å²) in [6.07, 6.45) is 4.01. The van der Waals surface area contributed by atoms with Gasteiger partial charge in [0.1, 0.15) is 12.4 Å². The molecule has 118 valence electrons. The van der Waals surface area contributed by atoms with Crippen LogP contribution in [0.2, 0.25) is 0 Å². The highest BCUT2D eigenvalue weighted by Gasteiger charge is 2.39. The third kappa shape index (κ3) is 4.18. The summed E-state index contributed by atoms with van der Waals surface area (Å²) in [6.45, 7) is 2.59. The first-order valence-corrected chi connectivity index (χ1v) is 9.11. The number of rotatable bonds is 6. The number of hydrogen-bond donors (Lipinski definition) is 2. The Hall–Kier alpha value is -1.11. The normalized spacial score (nSPS) is 26.0. The molecule has 0 aromatic heterocycles. The number of benzene rings is 1. The average molecular weight is 313 g/mol. The molecule has 1 aliphatic carbocycles. The van der Waals surface area contributed by atoms with Gasteiger partial charge in [-0.25, -0.2) is 13.1 Å². The van der Waals surface area contributed by atoms with Crippen molar-refractivity contribution in [2.24, 2.45) is 5.92 Å². The average Bonchev–Trinajstić information content (AvgIpc) is 2.76. The molecule has 0 amide bonds. The molecule has 0 bridgehead atoms. The van der Waals surface area contributed by atoms with Crippen molar-refractivity contribution in [3.05, 3.63) is 29.8 Å². The van der Waals surface area contributed by atoms with Gasteiger partial charge in [-0.05, 0) is 42.9 Å². The first kappa shape index (κ1) is 16.3. The van der Waals surface area contributed by atoms with Gasteiger partial charge in [0, 0.05) is 6.54 Å². The van der Waals surface area contributed by atoms with E-state index in [0.29, 0.717) is 5.75 Å². The van der Waals surface area contributed by atoms with Crippen LogP contribution in [-0.2, 0) is 15.6 Å². The second-order valence-corrected chi connectivity index (χ2v) is 7.59. The zero-order chi connectivity index (χ0) is 15.5. The van der Waals surface area contributed by atoms with E-state index in [2.05, 4.69) is 11.6 Å². The minimum atomic E-state index is -3.17. The van der Waals surface area contributed by atoms with E-state index >= 15 is 0 Å². The molecule has 0 saturated heterocycles. The van der Waals surface area contributed by atoms with Crippen molar-refractivity contribution in [3.63, 3.8) is 0 Å². The predicted molar refractivity (Wildman–Crippen MR) is 81.7 cm³/mol. The zero-order valence-electron chi connectivity index (χ0n) is 12.5. The third-order valence-electron chi connectivity index (χ3n) is 4.10. The molecule has 5 nitrogen and oxygen atoms in total. The van der Waals surface area contributed by atoms with Crippen LogP contribution in [0.25, 0.3) is 0 Å². The van der Waals surface area contributed by atoms with Crippen LogP contribution >= 0.6 is 0 Å². The van der Waals surface area contributed by atoms with Gasteiger partial charge in [0.05, 0.1) is 11.9 Å². The summed E-state index contributed by atoms with van der Waals surface area (Å²) in [7, 11) is -3.17. The SMILES string of the molecule is CC1CCCC1(O)c1ccc(OCCNS(C)(=O)=O)cc1. The van der Waals surface area contributed by atoms with Crippen LogP contribution in [-0.4, -0.2) is 32.9 Å². The van der Waals surface area contributed by atoms with Crippen molar-refractivity contribution in [2.45, 2.75) is 31.8 Å². The minimum absolute atomic E-state index is 0.238. The van der Waals surface area contributed by atoms with E-state index in [-0.39, 0.29) is 19.1 Å². The largest absolute Gasteiger partial charge is 0.492 e. The maximum atomic E-state index is 10.9. The summed E-state index contributed by atoms with van der Waals surface area (Å²) in [5.74, 6) is 0.937. The van der Waals surface area contributed by atoms with Crippen LogP contribution in [0, 0.1) is 5.92 Å². The Labute approximate surface area is 126 Å². The monoisotopic (exact) mass is 313 g/mol. The number of hydrogen-bond acceptors (Lipinski definition) is 4. The van der Waals surface area contributed by atoms with Gasteiger partial charge in [0.15, 0.2) is 0 Å². The molecule has 2 N–H and O–H groups in total. The van der Waals surface area contributed by atoms with Crippen molar-refractivity contribution in [3.8, 4) is 5.75 Å². The quantitative estimate of drug-likeness (QED) is 0.783. The molecule has 1 saturated carbocycles. The van der Waals surface area contributed by atoms with E-state index in [1.807, 2.05) is 24.3 Å². The van der Waals surface area contributed by atoms with Crippen LogP contribution in [0.5, 0.6) is 5.75 Å². The second kappa shape index (κ2) is 6.34. The van der Waals surface area contributed by atoms with Crippen LogP contribution in [0.15, 0.2) is 24.3 Å². The van der Waals surface area contributed by atoms with E-state index in [1.165, 1.54) is 0 Å². The molecular weight excluding hydrogens is 290 g/mol. The summed E-state index contributed by atoms with van der Waals surface area (Å²) >= 11 is 0. The van der Waals surface area contributed by atoms with Crippen molar-refractivity contribution in [2.75, 3.05) is 19.4 Å². The molecule has 2 rings (SSSR count). The number of sulfonamides is 1. The van der Waals surface area contributed by atoms with Gasteiger partial charge in [0.2, 0.25) is 10.0 Å². The van der Waals surface area contributed by atoms with Crippen LogP contribution in [0.4, 0.5) is 0 Å². The fourth-order valence-corrected chi connectivity index (χ4v) is 3.28. The van der Waals surface area contributed by atoms with Gasteiger partial charge in [-0.1, -0.05) is 19.1 Å². The first-order chi connectivity index (χ1) is 9.81.